The topological polar surface area (TPSA) is 69.0 Å². The van der Waals surface area contributed by atoms with Crippen molar-refractivity contribution in [1.82, 2.24) is 14.8 Å². The van der Waals surface area contributed by atoms with Crippen LogP contribution < -0.4 is 10.1 Å². The summed E-state index contributed by atoms with van der Waals surface area (Å²) in [5, 5.41) is 11.9. The second-order valence-corrected chi connectivity index (χ2v) is 8.11. The molecule has 162 valence electrons. The second kappa shape index (κ2) is 10.3. The lowest BCUT2D eigenvalue weighted by molar-refractivity contribution is -0.113. The normalized spacial score (nSPS) is 11.7. The molecule has 0 aliphatic heterocycles. The first-order chi connectivity index (χ1) is 14.9. The fourth-order valence-electron chi connectivity index (χ4n) is 3.13. The zero-order chi connectivity index (χ0) is 22.4. The van der Waals surface area contributed by atoms with Gasteiger partial charge in [-0.3, -0.25) is 9.36 Å². The molecular weight excluding hydrogens is 415 g/mol. The van der Waals surface area contributed by atoms with E-state index in [1.54, 1.807) is 6.08 Å². The number of aromatic nitrogens is 3. The number of carbonyl (C=O) groups is 1. The van der Waals surface area contributed by atoms with Crippen molar-refractivity contribution in [3.05, 3.63) is 77.9 Å². The van der Waals surface area contributed by atoms with Gasteiger partial charge in [0.25, 0.3) is 0 Å². The van der Waals surface area contributed by atoms with Crippen molar-refractivity contribution in [1.29, 1.82) is 0 Å². The van der Waals surface area contributed by atoms with Crippen molar-refractivity contribution in [2.75, 3.05) is 11.1 Å². The van der Waals surface area contributed by atoms with E-state index in [0.717, 1.165) is 16.9 Å². The average Bonchev–Trinajstić information content (AvgIpc) is 3.10. The lowest BCUT2D eigenvalue weighted by Gasteiger charge is -2.16. The molecule has 2 aromatic carbocycles. The molecule has 3 rings (SSSR count). The average molecular weight is 441 g/mol. The Morgan fingerprint density at radius 2 is 1.90 bits per heavy atom. The molecule has 1 aromatic heterocycles. The van der Waals surface area contributed by atoms with Crippen LogP contribution >= 0.6 is 11.8 Å². The number of thioether (sulfide) groups is 1. The van der Waals surface area contributed by atoms with E-state index in [-0.39, 0.29) is 23.6 Å². The summed E-state index contributed by atoms with van der Waals surface area (Å²) in [5.74, 6) is 0.992. The largest absolute Gasteiger partial charge is 0.483 e. The van der Waals surface area contributed by atoms with Crippen LogP contribution in [0.25, 0.3) is 0 Å². The molecule has 0 aliphatic carbocycles. The summed E-state index contributed by atoms with van der Waals surface area (Å²) in [7, 11) is 0. The highest BCUT2D eigenvalue weighted by molar-refractivity contribution is 7.99. The highest BCUT2D eigenvalue weighted by atomic mass is 32.2. The second-order valence-electron chi connectivity index (χ2n) is 7.17. The van der Waals surface area contributed by atoms with Gasteiger partial charge in [-0.1, -0.05) is 23.9 Å². The number of ether oxygens (including phenoxy) is 1. The van der Waals surface area contributed by atoms with Crippen LogP contribution in [0.15, 0.2) is 60.3 Å². The van der Waals surface area contributed by atoms with Crippen LogP contribution in [0.4, 0.5) is 10.1 Å². The van der Waals surface area contributed by atoms with Gasteiger partial charge in [-0.15, -0.1) is 16.8 Å². The molecule has 1 unspecified atom stereocenters. The van der Waals surface area contributed by atoms with Crippen molar-refractivity contribution in [2.45, 2.75) is 38.6 Å². The Labute approximate surface area is 185 Å². The number of anilines is 1. The number of aryl methyl sites for hydroxylation is 2. The number of nitrogens with zero attached hydrogens (tertiary/aromatic N) is 3. The fraction of sp³-hybridized carbons (Fsp3) is 0.261. The third kappa shape index (κ3) is 6.18. The number of halogens is 1. The maximum atomic E-state index is 13.0. The third-order valence-electron chi connectivity index (χ3n) is 4.39. The highest BCUT2D eigenvalue weighted by Gasteiger charge is 2.20. The van der Waals surface area contributed by atoms with Gasteiger partial charge in [-0.05, 0) is 68.3 Å². The summed E-state index contributed by atoms with van der Waals surface area (Å²) in [6.45, 7) is 10.3. The quantitative estimate of drug-likeness (QED) is 0.371. The van der Waals surface area contributed by atoms with Gasteiger partial charge in [0.2, 0.25) is 5.91 Å². The lowest BCUT2D eigenvalue weighted by Crippen LogP contribution is -2.15. The van der Waals surface area contributed by atoms with Crippen LogP contribution in [0.3, 0.4) is 0 Å². The summed E-state index contributed by atoms with van der Waals surface area (Å²) in [6.07, 6.45) is 1.41. The minimum Gasteiger partial charge on any atom is -0.483 e. The zero-order valence-electron chi connectivity index (χ0n) is 17.8. The van der Waals surface area contributed by atoms with E-state index in [9.17, 15) is 9.18 Å². The molecule has 0 saturated heterocycles. The number of carbonyl (C=O) groups excluding carboxylic acids is 1. The Hall–Kier alpha value is -3.13. The van der Waals surface area contributed by atoms with E-state index >= 15 is 0 Å². The molecule has 0 spiro atoms. The van der Waals surface area contributed by atoms with Gasteiger partial charge < -0.3 is 10.1 Å². The number of nitrogens with one attached hydrogen (secondary N) is 1. The monoisotopic (exact) mass is 440 g/mol. The number of hydrogen-bond acceptors (Lipinski definition) is 5. The van der Waals surface area contributed by atoms with E-state index in [2.05, 4.69) is 28.2 Å². The zero-order valence-corrected chi connectivity index (χ0v) is 18.6. The van der Waals surface area contributed by atoms with Crippen molar-refractivity contribution in [3.63, 3.8) is 0 Å². The van der Waals surface area contributed by atoms with Crippen LogP contribution in [-0.2, 0) is 11.3 Å². The van der Waals surface area contributed by atoms with Gasteiger partial charge in [-0.2, -0.15) is 0 Å². The molecule has 0 bridgehead atoms. The predicted molar refractivity (Wildman–Crippen MR) is 121 cm³/mol. The summed E-state index contributed by atoms with van der Waals surface area (Å²) in [6, 6.07) is 11.7. The molecule has 0 radical (unpaired) electrons. The van der Waals surface area contributed by atoms with Crippen LogP contribution in [0, 0.1) is 19.7 Å². The molecule has 0 aliphatic rings. The first-order valence-corrected chi connectivity index (χ1v) is 10.8. The Morgan fingerprint density at radius 1 is 1.23 bits per heavy atom. The first kappa shape index (κ1) is 22.6. The molecule has 1 atom stereocenters. The molecule has 1 amide bonds. The molecule has 3 aromatic rings. The Kier molecular flexibility index (Phi) is 7.46. The molecule has 1 N–H and O–H groups in total. The van der Waals surface area contributed by atoms with Gasteiger partial charge in [0.1, 0.15) is 11.6 Å². The van der Waals surface area contributed by atoms with E-state index in [0.29, 0.717) is 23.2 Å². The van der Waals surface area contributed by atoms with Gasteiger partial charge in [0.15, 0.2) is 17.1 Å². The molecule has 6 nitrogen and oxygen atoms in total. The number of allylic oxidation sites excluding steroid dienone is 1. The molecule has 8 heteroatoms. The minimum atomic E-state index is -0.352. The highest BCUT2D eigenvalue weighted by Crippen LogP contribution is 2.26. The van der Waals surface area contributed by atoms with Gasteiger partial charge in [0, 0.05) is 12.2 Å². The standard InChI is InChI=1S/C23H25FN4O2S/c1-5-10-28-22(17(4)30-20-12-15(2)11-16(3)13-20)26-27-23(28)31-14-21(29)25-19-8-6-18(24)7-9-19/h5-9,11-13,17H,1,10,14H2,2-4H3,(H,25,29). The molecule has 0 saturated carbocycles. The lowest BCUT2D eigenvalue weighted by atomic mass is 10.1. The molecule has 0 fully saturated rings. The minimum absolute atomic E-state index is 0.138. The number of amides is 1. The van der Waals surface area contributed by atoms with E-state index < -0.39 is 0 Å². The van der Waals surface area contributed by atoms with Crippen molar-refractivity contribution >= 4 is 23.4 Å². The van der Waals surface area contributed by atoms with Crippen LogP contribution in [0.2, 0.25) is 0 Å². The third-order valence-corrected chi connectivity index (χ3v) is 5.36. The van der Waals surface area contributed by atoms with Crippen molar-refractivity contribution < 1.29 is 13.9 Å². The number of hydrogen-bond donors (Lipinski definition) is 1. The summed E-state index contributed by atoms with van der Waals surface area (Å²) >= 11 is 1.27. The van der Waals surface area contributed by atoms with E-state index in [4.69, 9.17) is 4.74 Å². The number of rotatable bonds is 9. The molecular formula is C23H25FN4O2S. The molecule has 1 heterocycles. The maximum Gasteiger partial charge on any atom is 0.234 e. The SMILES string of the molecule is C=CCn1c(SCC(=O)Nc2ccc(F)cc2)nnc1C(C)Oc1cc(C)cc(C)c1. The van der Waals surface area contributed by atoms with Gasteiger partial charge in [0.05, 0.1) is 5.75 Å². The van der Waals surface area contributed by atoms with E-state index in [1.807, 2.05) is 37.5 Å². The van der Waals surface area contributed by atoms with Gasteiger partial charge >= 0.3 is 0 Å². The van der Waals surface area contributed by atoms with Crippen molar-refractivity contribution in [2.24, 2.45) is 0 Å². The Balaban J connectivity index is 1.68. The van der Waals surface area contributed by atoms with Gasteiger partial charge in [-0.25, -0.2) is 4.39 Å². The smallest absolute Gasteiger partial charge is 0.234 e. The van der Waals surface area contributed by atoms with Crippen LogP contribution in [0.1, 0.15) is 30.0 Å². The fourth-order valence-corrected chi connectivity index (χ4v) is 3.88. The first-order valence-electron chi connectivity index (χ1n) is 9.83. The number of benzene rings is 2. The maximum absolute atomic E-state index is 13.0. The Morgan fingerprint density at radius 3 is 2.55 bits per heavy atom. The predicted octanol–water partition coefficient (Wildman–Crippen LogP) is 5.09. The Bertz CT molecular complexity index is 1050. The molecule has 31 heavy (non-hydrogen) atoms. The summed E-state index contributed by atoms with van der Waals surface area (Å²) < 4.78 is 21.0. The van der Waals surface area contributed by atoms with Crippen molar-refractivity contribution in [3.8, 4) is 5.75 Å². The summed E-state index contributed by atoms with van der Waals surface area (Å²) in [5.41, 5.74) is 2.78. The van der Waals surface area contributed by atoms with E-state index in [1.165, 1.54) is 36.0 Å². The summed E-state index contributed by atoms with van der Waals surface area (Å²) in [4.78, 5) is 12.3. The van der Waals surface area contributed by atoms with Crippen LogP contribution in [-0.4, -0.2) is 26.4 Å². The van der Waals surface area contributed by atoms with Crippen LogP contribution in [0.5, 0.6) is 5.75 Å².